The number of nitrogens with zero attached hydrogens (tertiary/aromatic N) is 28. The molecule has 18 aromatic heterocycles. The average molecular weight is 1940 g/mol. The minimum Gasteiger partial charge on any atom is -0.368 e. The molecule has 0 saturated heterocycles. The Bertz CT molecular complexity index is 6550. The lowest BCUT2D eigenvalue weighted by Gasteiger charge is -2.16. The van der Waals surface area contributed by atoms with Gasteiger partial charge in [-0.05, 0) is 172 Å². The molecule has 141 heavy (non-hydrogen) atoms. The van der Waals surface area contributed by atoms with Gasteiger partial charge in [-0.3, -0.25) is 13.7 Å². The largest absolute Gasteiger partial charge is 0.368 e. The van der Waals surface area contributed by atoms with Crippen molar-refractivity contribution in [3.63, 3.8) is 0 Å². The first-order valence-electron chi connectivity index (χ1n) is 44.8. The van der Waals surface area contributed by atoms with Gasteiger partial charge in [0.1, 0.15) is 0 Å². The van der Waals surface area contributed by atoms with Crippen LogP contribution in [0.5, 0.6) is 0 Å². The molecule has 18 heterocycles. The standard InChI is InChI=1S/2C11H18N6.3C10H16N6.3C9H14N6.C8H12N6/c1-8-5-6-9(12-8)7-17(4)11-13-10(14-15-11)16(2)3;1-8-5-6-9(13-8)7-12-10-14-15-11(16(2)3)17(10)4;1-7-4-5-8(12-7)6-15(2)10-14-13-9(11)16(10)3;1-7-4-5-8(12-7)6-11-9-13-10(15-14-9)16(2)3;1-7-4-5-8(12-7)6-16(3)10-13-9(11-2)14-15-10;1-6-3-4-7(11-6)5-15(2)9-12-8(10)13-14-9;1-6-3-4-7(12-6)5-11-9-14-13-8(10)15(9)2;1-6-3-4-7(12-6)5-11-9-13-8(10-2)14-15-9;1-5-2-3-6(11-5)4-10-8-12-7(9)13-14-8/h5-6,12H,7H2,1-4H3,(H,13,14,15);5-6,13H,7H2,1-4H3,(H,12,14);4-5,12H,6H2,1-3H3,(H2,11,13);2*4-5,12H,6H2,1-3H3,(H2,11,13,14,15);3-4,11H,5H2,1-2H3,(H3,10,12,13,14);3-4,12H,5H2,1-2H3,(H2,10,13)(H,11,14);3-4,12H,5H2,1-2H3,(H3,10,11,13,14,15);2-3,11H,4H2,1H3,(H4,9,10,12,13,14). The van der Waals surface area contributed by atoms with Gasteiger partial charge in [0.05, 0.1) is 58.9 Å². The van der Waals surface area contributed by atoms with Gasteiger partial charge < -0.3 is 139 Å². The lowest BCUT2D eigenvalue weighted by atomic mass is 10.4. The van der Waals surface area contributed by atoms with Gasteiger partial charge in [-0.25, -0.2) is 30.6 Å². The summed E-state index contributed by atoms with van der Waals surface area (Å²) in [6.45, 7) is 24.7. The summed E-state index contributed by atoms with van der Waals surface area (Å²) in [6, 6.07) is 36.8. The van der Waals surface area contributed by atoms with E-state index in [1.165, 1.54) is 5.69 Å². The molecular formula is C87H138N54. The van der Waals surface area contributed by atoms with Crippen LogP contribution in [0.4, 0.5) is 107 Å². The first kappa shape index (κ1) is 105. The number of rotatable bonds is 32. The monoisotopic (exact) mass is 1940 g/mol. The van der Waals surface area contributed by atoms with E-state index in [4.69, 9.17) is 22.9 Å². The molecule has 54 nitrogen and oxygen atoms in total. The second-order valence-corrected chi connectivity index (χ2v) is 33.6. The zero-order chi connectivity index (χ0) is 102. The van der Waals surface area contributed by atoms with E-state index in [-0.39, 0.29) is 0 Å². The number of anilines is 18. The molecule has 30 N–H and O–H groups in total. The zero-order valence-corrected chi connectivity index (χ0v) is 84.6. The number of H-pyrrole nitrogens is 15. The molecular weight excluding hydrogens is 1800 g/mol. The molecule has 54 heteroatoms. The van der Waals surface area contributed by atoms with E-state index in [0.29, 0.717) is 116 Å². The van der Waals surface area contributed by atoms with Crippen LogP contribution in [0.15, 0.2) is 109 Å². The Morgan fingerprint density at radius 2 is 0.596 bits per heavy atom. The first-order valence-corrected chi connectivity index (χ1v) is 44.8. The highest BCUT2D eigenvalue weighted by molar-refractivity contribution is 5.44. The van der Waals surface area contributed by atoms with E-state index in [2.05, 4.69) is 246 Å². The van der Waals surface area contributed by atoms with Crippen molar-refractivity contribution in [3.8, 4) is 0 Å². The van der Waals surface area contributed by atoms with Crippen molar-refractivity contribution in [1.82, 2.24) is 180 Å². The molecule has 18 aromatic rings. The van der Waals surface area contributed by atoms with Crippen LogP contribution in [0.25, 0.3) is 0 Å². The quantitative estimate of drug-likeness (QED) is 0.0189. The van der Waals surface area contributed by atoms with E-state index in [1.54, 1.807) is 23.2 Å². The molecule has 0 amide bonds. The zero-order valence-electron chi connectivity index (χ0n) is 84.6. The van der Waals surface area contributed by atoms with E-state index in [9.17, 15) is 0 Å². The van der Waals surface area contributed by atoms with Crippen molar-refractivity contribution in [1.29, 1.82) is 0 Å². The third kappa shape index (κ3) is 33.6. The van der Waals surface area contributed by atoms with Gasteiger partial charge in [0, 0.05) is 208 Å². The van der Waals surface area contributed by atoms with Gasteiger partial charge in [-0.1, -0.05) is 0 Å². The van der Waals surface area contributed by atoms with Gasteiger partial charge in [-0.2, -0.15) is 29.9 Å². The second kappa shape index (κ2) is 51.2. The van der Waals surface area contributed by atoms with Crippen molar-refractivity contribution in [2.75, 3.05) is 179 Å². The summed E-state index contributed by atoms with van der Waals surface area (Å²) in [4.78, 5) is 67.8. The van der Waals surface area contributed by atoms with E-state index >= 15 is 0 Å². The predicted molar refractivity (Wildman–Crippen MR) is 556 cm³/mol. The number of hydrogen-bond donors (Lipinski definition) is 26. The van der Waals surface area contributed by atoms with Crippen molar-refractivity contribution >= 4 is 107 Å². The minimum atomic E-state index is 0.315. The molecule has 0 radical (unpaired) electrons. The molecule has 0 aliphatic heterocycles. The van der Waals surface area contributed by atoms with Crippen molar-refractivity contribution in [2.24, 2.45) is 21.1 Å². The molecule has 0 saturated carbocycles. The smallest absolute Gasteiger partial charge is 0.246 e. The lowest BCUT2D eigenvalue weighted by Crippen LogP contribution is -2.20. The Labute approximate surface area is 816 Å². The number of nitrogens with two attached hydrogens (primary N) is 4. The van der Waals surface area contributed by atoms with Crippen LogP contribution in [-0.4, -0.2) is 265 Å². The van der Waals surface area contributed by atoms with E-state index in [1.807, 2.05) is 260 Å². The van der Waals surface area contributed by atoms with Crippen LogP contribution >= 0.6 is 0 Å². The van der Waals surface area contributed by atoms with Crippen LogP contribution < -0.4 is 94.5 Å². The Hall–Kier alpha value is -17.8. The molecule has 0 bridgehead atoms. The van der Waals surface area contributed by atoms with Crippen LogP contribution in [0, 0.1) is 62.3 Å². The third-order valence-electron chi connectivity index (χ3n) is 20.4. The second-order valence-electron chi connectivity index (χ2n) is 33.6. The summed E-state index contributed by atoms with van der Waals surface area (Å²) < 4.78 is 5.39. The number of hydrogen-bond acceptors (Lipinski definition) is 36. The Balaban J connectivity index is 0.000000163. The normalized spacial score (nSPS) is 10.5. The highest BCUT2D eigenvalue weighted by Crippen LogP contribution is 2.21. The summed E-state index contributed by atoms with van der Waals surface area (Å²) in [6.07, 6.45) is 0. The molecule has 0 spiro atoms. The van der Waals surface area contributed by atoms with Crippen molar-refractivity contribution in [3.05, 3.63) is 212 Å². The van der Waals surface area contributed by atoms with Crippen LogP contribution in [0.2, 0.25) is 0 Å². The fourth-order valence-electron chi connectivity index (χ4n) is 13.1. The Morgan fingerprint density at radius 1 is 0.270 bits per heavy atom. The molecule has 0 fully saturated rings. The van der Waals surface area contributed by atoms with Crippen molar-refractivity contribution < 1.29 is 0 Å². The number of aryl methyl sites for hydroxylation is 9. The number of nitrogens with one attached hydrogen (secondary N) is 22. The molecule has 18 rings (SSSR count). The van der Waals surface area contributed by atoms with Gasteiger partial charge in [-0.15, -0.1) is 61.2 Å². The lowest BCUT2D eigenvalue weighted by molar-refractivity contribution is 0.797. The summed E-state index contributed by atoms with van der Waals surface area (Å²) in [5.74, 6) is 11.0. The topological polar surface area (TPSA) is 695 Å². The number of nitrogen functional groups attached to an aromatic ring is 4. The maximum Gasteiger partial charge on any atom is 0.246 e. The SMILES string of the molecule is CNc1n[nH]c(NCc2ccc(C)[nH]2)n1.CNc1nc(N(C)Cc2ccc(C)[nH]2)n[nH]1.Cc1ccc(CN(C)c2n[nH]c(N)n2)[nH]1.Cc1ccc(CN(C)c2nc(N(C)C)n[nH]2)[nH]1.Cc1ccc(CN(C)c2nnc(N)n2C)[nH]1.Cc1ccc(CNc2n[nH]c(N)n2)[nH]1.Cc1ccc(CNc2nc(N(C)C)n[nH]2)[nH]1.Cc1ccc(CNc2nnc(N(C)C)n2C)[nH]1.Cc1ccc(CNc2nnc(N)n2C)[nH]1. The Morgan fingerprint density at radius 3 is 0.943 bits per heavy atom. The van der Waals surface area contributed by atoms with Crippen LogP contribution in [-0.2, 0) is 80.0 Å². The highest BCUT2D eigenvalue weighted by Gasteiger charge is 2.17. The molecule has 0 atom stereocenters. The molecule has 756 valence electrons. The van der Waals surface area contributed by atoms with Crippen LogP contribution in [0.1, 0.15) is 102 Å². The summed E-state index contributed by atoms with van der Waals surface area (Å²) in [5.41, 5.74) is 42.5. The molecule has 0 unspecified atom stereocenters. The number of aromatic amines is 15. The predicted octanol–water partition coefficient (Wildman–Crippen LogP) is 8.22. The molecule has 0 aliphatic rings. The summed E-state index contributed by atoms with van der Waals surface area (Å²) >= 11 is 0. The van der Waals surface area contributed by atoms with Gasteiger partial charge in [0.2, 0.25) is 107 Å². The van der Waals surface area contributed by atoms with Gasteiger partial charge in [0.25, 0.3) is 0 Å². The van der Waals surface area contributed by atoms with E-state index in [0.717, 1.165) is 147 Å². The first-order chi connectivity index (χ1) is 67.4. The third-order valence-corrected chi connectivity index (χ3v) is 20.4. The summed E-state index contributed by atoms with van der Waals surface area (Å²) in [7, 11) is 28.5. The average Bonchev–Trinajstić information content (AvgIpc) is 1.71. The van der Waals surface area contributed by atoms with Gasteiger partial charge >= 0.3 is 0 Å². The fourth-order valence-corrected chi connectivity index (χ4v) is 13.1. The number of aromatic nitrogens is 36. The maximum atomic E-state index is 5.63. The van der Waals surface area contributed by atoms with Crippen molar-refractivity contribution in [2.45, 2.75) is 121 Å². The fraction of sp³-hybridized carbons (Fsp3) is 0.379. The Kier molecular flexibility index (Phi) is 38.2. The maximum absolute atomic E-state index is 5.63. The molecule has 0 aliphatic carbocycles. The van der Waals surface area contributed by atoms with E-state index < -0.39 is 0 Å². The summed E-state index contributed by atoms with van der Waals surface area (Å²) in [5, 5.41) is 85.7. The molecule has 0 aromatic carbocycles. The minimum absolute atomic E-state index is 0.315. The highest BCUT2D eigenvalue weighted by atomic mass is 15.5. The van der Waals surface area contributed by atoms with Crippen LogP contribution in [0.3, 0.4) is 0 Å². The van der Waals surface area contributed by atoms with Gasteiger partial charge in [0.15, 0.2) is 0 Å².